The molecule has 2 atom stereocenters. The van der Waals surface area contributed by atoms with E-state index in [4.69, 9.17) is 4.74 Å². The van der Waals surface area contributed by atoms with Crippen LogP contribution in [0.2, 0.25) is 0 Å². The SMILES string of the molecule is O=C(Nc1cccnn1)N[C@@H]1CCO[C@H](c2ccccc2)C1. The summed E-state index contributed by atoms with van der Waals surface area (Å²) in [5.41, 5.74) is 1.14. The van der Waals surface area contributed by atoms with E-state index in [1.807, 2.05) is 30.3 Å². The summed E-state index contributed by atoms with van der Waals surface area (Å²) < 4.78 is 5.80. The zero-order chi connectivity index (χ0) is 15.2. The van der Waals surface area contributed by atoms with Gasteiger partial charge < -0.3 is 10.1 Å². The van der Waals surface area contributed by atoms with Crippen molar-refractivity contribution in [2.45, 2.75) is 25.0 Å². The van der Waals surface area contributed by atoms with E-state index in [0.717, 1.165) is 18.4 Å². The number of amides is 2. The highest BCUT2D eigenvalue weighted by atomic mass is 16.5. The molecule has 114 valence electrons. The van der Waals surface area contributed by atoms with Crippen molar-refractivity contribution >= 4 is 11.8 Å². The molecule has 0 spiro atoms. The molecule has 2 amide bonds. The predicted octanol–water partition coefficient (Wildman–Crippen LogP) is 2.52. The molecule has 6 nitrogen and oxygen atoms in total. The zero-order valence-corrected chi connectivity index (χ0v) is 12.1. The van der Waals surface area contributed by atoms with Crippen molar-refractivity contribution in [2.75, 3.05) is 11.9 Å². The number of anilines is 1. The van der Waals surface area contributed by atoms with Gasteiger partial charge in [-0.25, -0.2) is 4.79 Å². The second kappa shape index (κ2) is 7.00. The normalized spacial score (nSPS) is 21.1. The van der Waals surface area contributed by atoms with E-state index in [1.54, 1.807) is 18.3 Å². The summed E-state index contributed by atoms with van der Waals surface area (Å²) in [6.07, 6.45) is 3.15. The summed E-state index contributed by atoms with van der Waals surface area (Å²) >= 11 is 0. The molecule has 2 heterocycles. The number of hydrogen-bond acceptors (Lipinski definition) is 4. The number of ether oxygens (including phenoxy) is 1. The highest BCUT2D eigenvalue weighted by Gasteiger charge is 2.25. The number of hydrogen-bond donors (Lipinski definition) is 2. The quantitative estimate of drug-likeness (QED) is 0.913. The van der Waals surface area contributed by atoms with Crippen LogP contribution in [0.4, 0.5) is 10.6 Å². The Morgan fingerprint density at radius 3 is 2.82 bits per heavy atom. The van der Waals surface area contributed by atoms with Crippen molar-refractivity contribution in [1.82, 2.24) is 15.5 Å². The van der Waals surface area contributed by atoms with E-state index in [2.05, 4.69) is 20.8 Å². The molecule has 1 fully saturated rings. The monoisotopic (exact) mass is 298 g/mol. The maximum Gasteiger partial charge on any atom is 0.320 e. The molecule has 0 saturated carbocycles. The summed E-state index contributed by atoms with van der Waals surface area (Å²) in [7, 11) is 0. The number of aromatic nitrogens is 2. The van der Waals surface area contributed by atoms with Gasteiger partial charge in [0.2, 0.25) is 0 Å². The van der Waals surface area contributed by atoms with Gasteiger partial charge in [-0.05, 0) is 30.5 Å². The maximum absolute atomic E-state index is 12.0. The lowest BCUT2D eigenvalue weighted by atomic mass is 9.97. The van der Waals surface area contributed by atoms with Crippen molar-refractivity contribution in [3.8, 4) is 0 Å². The number of nitrogens with one attached hydrogen (secondary N) is 2. The predicted molar refractivity (Wildman–Crippen MR) is 82.3 cm³/mol. The lowest BCUT2D eigenvalue weighted by Crippen LogP contribution is -2.42. The third-order valence-electron chi connectivity index (χ3n) is 3.60. The highest BCUT2D eigenvalue weighted by molar-refractivity contribution is 5.88. The van der Waals surface area contributed by atoms with Crippen molar-refractivity contribution in [3.05, 3.63) is 54.2 Å². The number of carbonyl (C=O) groups is 1. The molecule has 1 aliphatic heterocycles. The van der Waals surface area contributed by atoms with Crippen LogP contribution in [0.25, 0.3) is 0 Å². The zero-order valence-electron chi connectivity index (χ0n) is 12.1. The second-order valence-corrected chi connectivity index (χ2v) is 5.20. The van der Waals surface area contributed by atoms with Gasteiger partial charge in [-0.15, -0.1) is 5.10 Å². The molecule has 22 heavy (non-hydrogen) atoms. The first-order valence-electron chi connectivity index (χ1n) is 7.33. The molecule has 1 aromatic carbocycles. The van der Waals surface area contributed by atoms with E-state index >= 15 is 0 Å². The molecule has 0 unspecified atom stereocenters. The Bertz CT molecular complexity index is 606. The average molecular weight is 298 g/mol. The van der Waals surface area contributed by atoms with Gasteiger partial charge >= 0.3 is 6.03 Å². The Balaban J connectivity index is 1.55. The van der Waals surface area contributed by atoms with Crippen LogP contribution in [0, 0.1) is 0 Å². The van der Waals surface area contributed by atoms with E-state index < -0.39 is 0 Å². The Morgan fingerprint density at radius 2 is 2.05 bits per heavy atom. The van der Waals surface area contributed by atoms with Gasteiger partial charge in [0, 0.05) is 18.8 Å². The van der Waals surface area contributed by atoms with Gasteiger partial charge in [0.15, 0.2) is 5.82 Å². The fourth-order valence-electron chi connectivity index (χ4n) is 2.53. The molecule has 1 aliphatic rings. The Labute approximate surface area is 128 Å². The van der Waals surface area contributed by atoms with E-state index in [1.165, 1.54) is 0 Å². The summed E-state index contributed by atoms with van der Waals surface area (Å²) in [4.78, 5) is 12.0. The Morgan fingerprint density at radius 1 is 1.18 bits per heavy atom. The molecule has 0 aliphatic carbocycles. The third-order valence-corrected chi connectivity index (χ3v) is 3.60. The highest BCUT2D eigenvalue weighted by Crippen LogP contribution is 2.27. The topological polar surface area (TPSA) is 76.1 Å². The van der Waals surface area contributed by atoms with Gasteiger partial charge in [0.25, 0.3) is 0 Å². The minimum absolute atomic E-state index is 0.0248. The van der Waals surface area contributed by atoms with Crippen molar-refractivity contribution in [2.24, 2.45) is 0 Å². The van der Waals surface area contributed by atoms with Crippen LogP contribution in [0.3, 0.4) is 0 Å². The summed E-state index contributed by atoms with van der Waals surface area (Å²) in [6.45, 7) is 0.635. The van der Waals surface area contributed by atoms with Crippen LogP contribution in [-0.2, 0) is 4.74 Å². The van der Waals surface area contributed by atoms with Gasteiger partial charge in [0.05, 0.1) is 6.10 Å². The summed E-state index contributed by atoms with van der Waals surface area (Å²) in [6, 6.07) is 13.3. The second-order valence-electron chi connectivity index (χ2n) is 5.20. The van der Waals surface area contributed by atoms with Crippen LogP contribution in [0.5, 0.6) is 0 Å². The average Bonchev–Trinajstić information content (AvgIpc) is 2.57. The molecule has 2 aromatic rings. The standard InChI is InChI=1S/C16H18N4O2/c21-16(19-15-7-4-9-17-20-15)18-13-8-10-22-14(11-13)12-5-2-1-3-6-12/h1-7,9,13-14H,8,10-11H2,(H2,18,19,20,21)/t13-,14+/m1/s1. The largest absolute Gasteiger partial charge is 0.373 e. The first-order chi connectivity index (χ1) is 10.8. The van der Waals surface area contributed by atoms with Crippen molar-refractivity contribution in [1.29, 1.82) is 0 Å². The van der Waals surface area contributed by atoms with Crippen LogP contribution in [-0.4, -0.2) is 28.9 Å². The molecule has 1 aromatic heterocycles. The van der Waals surface area contributed by atoms with E-state index in [-0.39, 0.29) is 18.2 Å². The van der Waals surface area contributed by atoms with Gasteiger partial charge in [-0.3, -0.25) is 5.32 Å². The van der Waals surface area contributed by atoms with E-state index in [0.29, 0.717) is 12.4 Å². The number of rotatable bonds is 3. The number of carbonyl (C=O) groups excluding carboxylic acids is 1. The summed E-state index contributed by atoms with van der Waals surface area (Å²) in [5, 5.41) is 13.2. The molecule has 0 bridgehead atoms. The Hall–Kier alpha value is -2.47. The lowest BCUT2D eigenvalue weighted by Gasteiger charge is -2.30. The smallest absolute Gasteiger partial charge is 0.320 e. The third kappa shape index (κ3) is 3.79. The Kier molecular flexibility index (Phi) is 4.60. The van der Waals surface area contributed by atoms with Crippen molar-refractivity contribution < 1.29 is 9.53 Å². The first kappa shape index (κ1) is 14.5. The van der Waals surface area contributed by atoms with Crippen LogP contribution in [0.1, 0.15) is 24.5 Å². The van der Waals surface area contributed by atoms with Gasteiger partial charge in [-0.2, -0.15) is 5.10 Å². The van der Waals surface area contributed by atoms with Gasteiger partial charge in [0.1, 0.15) is 0 Å². The maximum atomic E-state index is 12.0. The molecular weight excluding hydrogens is 280 g/mol. The molecule has 3 rings (SSSR count). The number of nitrogens with zero attached hydrogens (tertiary/aromatic N) is 2. The molecular formula is C16H18N4O2. The minimum Gasteiger partial charge on any atom is -0.373 e. The fraction of sp³-hybridized carbons (Fsp3) is 0.312. The molecule has 1 saturated heterocycles. The molecule has 6 heteroatoms. The number of benzene rings is 1. The lowest BCUT2D eigenvalue weighted by molar-refractivity contribution is 0.00253. The van der Waals surface area contributed by atoms with Crippen LogP contribution >= 0.6 is 0 Å². The van der Waals surface area contributed by atoms with Crippen LogP contribution in [0.15, 0.2) is 48.7 Å². The first-order valence-corrected chi connectivity index (χ1v) is 7.33. The van der Waals surface area contributed by atoms with Crippen LogP contribution < -0.4 is 10.6 Å². The fourth-order valence-corrected chi connectivity index (χ4v) is 2.53. The van der Waals surface area contributed by atoms with E-state index in [9.17, 15) is 4.79 Å². The minimum atomic E-state index is -0.265. The van der Waals surface area contributed by atoms with Gasteiger partial charge in [-0.1, -0.05) is 30.3 Å². The molecule has 0 radical (unpaired) electrons. The number of urea groups is 1. The summed E-state index contributed by atoms with van der Waals surface area (Å²) in [5.74, 6) is 0.437. The molecule has 2 N–H and O–H groups in total. The van der Waals surface area contributed by atoms with Crippen molar-refractivity contribution in [3.63, 3.8) is 0 Å².